The van der Waals surface area contributed by atoms with E-state index >= 15 is 0 Å². The summed E-state index contributed by atoms with van der Waals surface area (Å²) in [7, 11) is 0. The van der Waals surface area contributed by atoms with Crippen molar-refractivity contribution in [1.29, 1.82) is 0 Å². The minimum atomic E-state index is -0.303. The maximum absolute atomic E-state index is 10.9. The standard InChI is InChI=1S/C8H12O.CH4/c1-5-6-7(9)8(2,3)4;/h1-4H3;1H4. The molecular formula is C9H16O. The Bertz CT molecular complexity index is 161. The number of hydrogen-bond acceptors (Lipinski definition) is 1. The Morgan fingerprint density at radius 1 is 1.30 bits per heavy atom. The lowest BCUT2D eigenvalue weighted by molar-refractivity contribution is -0.120. The molecule has 0 unspecified atom stereocenters. The van der Waals surface area contributed by atoms with Gasteiger partial charge in [0, 0.05) is 5.41 Å². The van der Waals surface area contributed by atoms with Crippen LogP contribution in [0.1, 0.15) is 35.1 Å². The minimum absolute atomic E-state index is 0. The van der Waals surface area contributed by atoms with E-state index < -0.39 is 0 Å². The highest BCUT2D eigenvalue weighted by molar-refractivity contribution is 5.99. The van der Waals surface area contributed by atoms with Crippen molar-refractivity contribution in [2.24, 2.45) is 5.41 Å². The molecule has 0 spiro atoms. The molecule has 58 valence electrons. The predicted molar refractivity (Wildman–Crippen MR) is 44.6 cm³/mol. The fourth-order valence-electron chi connectivity index (χ4n) is 0.301. The van der Waals surface area contributed by atoms with Gasteiger partial charge in [-0.05, 0) is 12.8 Å². The molecule has 0 aromatic heterocycles. The van der Waals surface area contributed by atoms with Crippen LogP contribution < -0.4 is 0 Å². The first-order valence-electron chi connectivity index (χ1n) is 2.95. The maximum Gasteiger partial charge on any atom is 0.210 e. The number of hydrogen-bond donors (Lipinski definition) is 0. The van der Waals surface area contributed by atoms with Gasteiger partial charge in [-0.3, -0.25) is 4.79 Å². The fourth-order valence-corrected chi connectivity index (χ4v) is 0.301. The van der Waals surface area contributed by atoms with Gasteiger partial charge >= 0.3 is 0 Å². The number of carbonyl (C=O) groups excluding carboxylic acids is 1. The molecular weight excluding hydrogens is 124 g/mol. The monoisotopic (exact) mass is 140 g/mol. The van der Waals surface area contributed by atoms with Gasteiger partial charge < -0.3 is 0 Å². The van der Waals surface area contributed by atoms with E-state index in [1.54, 1.807) is 6.92 Å². The third kappa shape index (κ3) is 4.14. The van der Waals surface area contributed by atoms with Crippen molar-refractivity contribution in [2.75, 3.05) is 0 Å². The van der Waals surface area contributed by atoms with Gasteiger partial charge in [0.2, 0.25) is 5.78 Å². The Balaban J connectivity index is 0. The van der Waals surface area contributed by atoms with Gasteiger partial charge in [0.25, 0.3) is 0 Å². The lowest BCUT2D eigenvalue weighted by Crippen LogP contribution is -2.17. The van der Waals surface area contributed by atoms with Crippen LogP contribution in [-0.4, -0.2) is 5.78 Å². The molecule has 0 heterocycles. The molecule has 0 aromatic rings. The first-order valence-corrected chi connectivity index (χ1v) is 2.95. The van der Waals surface area contributed by atoms with Gasteiger partial charge in [-0.2, -0.15) is 0 Å². The first kappa shape index (κ1) is 12.0. The topological polar surface area (TPSA) is 17.1 Å². The van der Waals surface area contributed by atoms with Gasteiger partial charge in [0.1, 0.15) is 0 Å². The van der Waals surface area contributed by atoms with Crippen LogP contribution in [0.15, 0.2) is 0 Å². The van der Waals surface area contributed by atoms with Crippen molar-refractivity contribution in [3.8, 4) is 11.8 Å². The molecule has 0 aliphatic heterocycles. The number of rotatable bonds is 0. The molecule has 0 saturated heterocycles. The largest absolute Gasteiger partial charge is 0.284 e. The second kappa shape index (κ2) is 4.11. The molecule has 10 heavy (non-hydrogen) atoms. The van der Waals surface area contributed by atoms with Gasteiger partial charge in [0.15, 0.2) is 0 Å². The van der Waals surface area contributed by atoms with Crippen molar-refractivity contribution < 1.29 is 4.79 Å². The van der Waals surface area contributed by atoms with E-state index in [9.17, 15) is 4.79 Å². The van der Waals surface area contributed by atoms with Crippen molar-refractivity contribution in [2.45, 2.75) is 35.1 Å². The molecule has 0 amide bonds. The Morgan fingerprint density at radius 2 is 1.70 bits per heavy atom. The quantitative estimate of drug-likeness (QED) is 0.372. The second-order valence-corrected chi connectivity index (χ2v) is 2.95. The minimum Gasteiger partial charge on any atom is -0.284 e. The summed E-state index contributed by atoms with van der Waals surface area (Å²) in [6.45, 7) is 7.25. The summed E-state index contributed by atoms with van der Waals surface area (Å²) in [6.07, 6.45) is 0. The molecule has 0 aromatic carbocycles. The predicted octanol–water partition coefficient (Wildman–Crippen LogP) is 2.26. The average molecular weight is 140 g/mol. The van der Waals surface area contributed by atoms with E-state index in [2.05, 4.69) is 11.8 Å². The smallest absolute Gasteiger partial charge is 0.210 e. The van der Waals surface area contributed by atoms with E-state index in [1.165, 1.54) is 0 Å². The summed E-state index contributed by atoms with van der Waals surface area (Å²) in [5, 5.41) is 0. The highest BCUT2D eigenvalue weighted by Gasteiger charge is 2.18. The van der Waals surface area contributed by atoms with Crippen LogP contribution in [-0.2, 0) is 4.79 Å². The summed E-state index contributed by atoms with van der Waals surface area (Å²) < 4.78 is 0. The third-order valence-corrected chi connectivity index (χ3v) is 0.920. The average Bonchev–Trinajstić information content (AvgIpc) is 1.64. The lowest BCUT2D eigenvalue weighted by Gasteiger charge is -2.10. The summed E-state index contributed by atoms with van der Waals surface area (Å²) in [4.78, 5) is 10.9. The molecule has 1 nitrogen and oxygen atoms in total. The van der Waals surface area contributed by atoms with Crippen LogP contribution in [0.5, 0.6) is 0 Å². The van der Waals surface area contributed by atoms with Crippen molar-refractivity contribution in [3.63, 3.8) is 0 Å². The molecule has 0 radical (unpaired) electrons. The molecule has 0 aliphatic rings. The van der Waals surface area contributed by atoms with Crippen LogP contribution >= 0.6 is 0 Å². The van der Waals surface area contributed by atoms with Crippen LogP contribution in [0, 0.1) is 17.3 Å². The van der Waals surface area contributed by atoms with E-state index in [4.69, 9.17) is 0 Å². The Kier molecular flexibility index (Phi) is 4.92. The molecule has 0 N–H and O–H groups in total. The van der Waals surface area contributed by atoms with Gasteiger partial charge in [0.05, 0.1) is 0 Å². The van der Waals surface area contributed by atoms with Crippen LogP contribution in [0.2, 0.25) is 0 Å². The van der Waals surface area contributed by atoms with E-state index in [0.29, 0.717) is 0 Å². The molecule has 0 atom stereocenters. The SMILES string of the molecule is C.CC#CC(=O)C(C)(C)C. The third-order valence-electron chi connectivity index (χ3n) is 0.920. The molecule has 0 saturated carbocycles. The van der Waals surface area contributed by atoms with Gasteiger partial charge in [-0.15, -0.1) is 0 Å². The van der Waals surface area contributed by atoms with Crippen LogP contribution in [0.3, 0.4) is 0 Å². The van der Waals surface area contributed by atoms with Crippen LogP contribution in [0.25, 0.3) is 0 Å². The van der Waals surface area contributed by atoms with Crippen molar-refractivity contribution >= 4 is 5.78 Å². The van der Waals surface area contributed by atoms with E-state index in [-0.39, 0.29) is 18.6 Å². The van der Waals surface area contributed by atoms with Gasteiger partial charge in [-0.25, -0.2) is 0 Å². The lowest BCUT2D eigenvalue weighted by atomic mass is 9.91. The summed E-state index contributed by atoms with van der Waals surface area (Å²) >= 11 is 0. The molecule has 0 bridgehead atoms. The number of Topliss-reactive ketones (excluding diaryl/α,β-unsaturated/α-hetero) is 1. The number of carbonyl (C=O) groups is 1. The van der Waals surface area contributed by atoms with Gasteiger partial charge in [-0.1, -0.05) is 34.1 Å². The fraction of sp³-hybridized carbons (Fsp3) is 0.667. The normalized spacial score (nSPS) is 8.80. The van der Waals surface area contributed by atoms with Crippen molar-refractivity contribution in [3.05, 3.63) is 0 Å². The summed E-state index contributed by atoms with van der Waals surface area (Å²) in [6, 6.07) is 0. The highest BCUT2D eigenvalue weighted by atomic mass is 16.1. The molecule has 0 rings (SSSR count). The zero-order chi connectivity index (χ0) is 7.49. The van der Waals surface area contributed by atoms with E-state index in [0.717, 1.165) is 0 Å². The highest BCUT2D eigenvalue weighted by Crippen LogP contribution is 2.12. The number of ketones is 1. The second-order valence-electron chi connectivity index (χ2n) is 2.95. The molecule has 0 aliphatic carbocycles. The first-order chi connectivity index (χ1) is 3.98. The molecule has 1 heteroatoms. The van der Waals surface area contributed by atoms with Crippen LogP contribution in [0.4, 0.5) is 0 Å². The zero-order valence-corrected chi connectivity index (χ0v) is 6.41. The molecule has 0 fully saturated rings. The van der Waals surface area contributed by atoms with Crippen molar-refractivity contribution in [1.82, 2.24) is 0 Å². The summed E-state index contributed by atoms with van der Waals surface area (Å²) in [5.41, 5.74) is -0.303. The summed E-state index contributed by atoms with van der Waals surface area (Å²) in [5.74, 6) is 5.08. The Morgan fingerprint density at radius 3 is 1.80 bits per heavy atom. The van der Waals surface area contributed by atoms with E-state index in [1.807, 2.05) is 20.8 Å². The Labute approximate surface area is 63.8 Å². The zero-order valence-electron chi connectivity index (χ0n) is 6.41. The Hall–Kier alpha value is -0.770. The maximum atomic E-state index is 10.9.